The lowest BCUT2D eigenvalue weighted by molar-refractivity contribution is -0.142. The minimum absolute atomic E-state index is 0.238. The van der Waals surface area contributed by atoms with Gasteiger partial charge in [0.05, 0.1) is 6.42 Å². The highest BCUT2D eigenvalue weighted by atomic mass is 16.6. The molecule has 4 amide bonds. The lowest BCUT2D eigenvalue weighted by Crippen LogP contribution is -2.53. The van der Waals surface area contributed by atoms with E-state index in [4.69, 9.17) is 10.5 Å². The minimum atomic E-state index is -1.32. The van der Waals surface area contributed by atoms with Crippen molar-refractivity contribution in [3.63, 3.8) is 0 Å². The van der Waals surface area contributed by atoms with Crippen LogP contribution in [0, 0.1) is 27.7 Å². The Bertz CT molecular complexity index is 1250. The monoisotopic (exact) mass is 580 g/mol. The summed E-state index contributed by atoms with van der Waals surface area (Å²) in [6.07, 6.45) is 2.14. The highest BCUT2D eigenvalue weighted by Crippen LogP contribution is 2.30. The Morgan fingerprint density at radius 3 is 2.14 bits per heavy atom. The summed E-state index contributed by atoms with van der Waals surface area (Å²) in [6, 6.07) is 9.17. The molecule has 2 atom stereocenters. The van der Waals surface area contributed by atoms with E-state index in [0.717, 1.165) is 41.5 Å². The Hall–Kier alpha value is -3.88. The van der Waals surface area contributed by atoms with Gasteiger partial charge < -0.3 is 26.0 Å². The van der Waals surface area contributed by atoms with Crippen LogP contribution in [0.25, 0.3) is 0 Å². The number of ether oxygens (including phenoxy) is 1. The Morgan fingerprint density at radius 1 is 0.929 bits per heavy atom. The second-order valence-electron chi connectivity index (χ2n) is 12.0. The zero-order chi connectivity index (χ0) is 31.6. The van der Waals surface area contributed by atoms with Crippen molar-refractivity contribution in [3.05, 3.63) is 64.2 Å². The van der Waals surface area contributed by atoms with Crippen molar-refractivity contribution in [2.24, 2.45) is 5.73 Å². The number of hydrogen-bond acceptors (Lipinski definition) is 5. The van der Waals surface area contributed by atoms with Crippen molar-refractivity contribution in [1.82, 2.24) is 10.2 Å². The average Bonchev–Trinajstić information content (AvgIpc) is 2.87. The molecule has 2 rings (SSSR count). The van der Waals surface area contributed by atoms with Crippen LogP contribution in [0.3, 0.4) is 0 Å². The molecule has 9 heteroatoms. The maximum Gasteiger partial charge on any atom is 0.408 e. The third-order valence-electron chi connectivity index (χ3n) is 6.95. The smallest absolute Gasteiger partial charge is 0.408 e. The zero-order valence-electron chi connectivity index (χ0n) is 26.4. The second kappa shape index (κ2) is 15.4. The molecule has 0 fully saturated rings. The fourth-order valence-electron chi connectivity index (χ4n) is 4.84. The van der Waals surface area contributed by atoms with Gasteiger partial charge in [-0.1, -0.05) is 68.1 Å². The molecule has 42 heavy (non-hydrogen) atoms. The molecule has 0 aromatic heterocycles. The van der Waals surface area contributed by atoms with Gasteiger partial charge in [0.1, 0.15) is 17.7 Å². The summed E-state index contributed by atoms with van der Waals surface area (Å²) in [7, 11) is 0. The van der Waals surface area contributed by atoms with Gasteiger partial charge in [0.25, 0.3) is 5.91 Å². The quantitative estimate of drug-likeness (QED) is 0.259. The Morgan fingerprint density at radius 2 is 1.57 bits per heavy atom. The molecular formula is C33H48N4O5. The summed E-state index contributed by atoms with van der Waals surface area (Å²) in [5.41, 5.74) is 9.58. The summed E-state index contributed by atoms with van der Waals surface area (Å²) < 4.78 is 5.37. The lowest BCUT2D eigenvalue weighted by atomic mass is 9.95. The van der Waals surface area contributed by atoms with Crippen LogP contribution in [0.15, 0.2) is 36.4 Å². The average molecular weight is 581 g/mol. The number of alkyl carbamates (subject to hydrolysis) is 1. The molecule has 2 aromatic rings. The van der Waals surface area contributed by atoms with Gasteiger partial charge in [-0.25, -0.2) is 4.79 Å². The van der Waals surface area contributed by atoms with Crippen LogP contribution in [0.4, 0.5) is 10.5 Å². The molecule has 4 N–H and O–H groups in total. The molecule has 0 radical (unpaired) electrons. The molecule has 0 aliphatic rings. The van der Waals surface area contributed by atoms with Crippen LogP contribution in [0.1, 0.15) is 93.7 Å². The number of aryl methyl sites for hydroxylation is 4. The van der Waals surface area contributed by atoms with Crippen LogP contribution in [-0.4, -0.2) is 46.9 Å². The maximum atomic E-state index is 14.3. The number of primary amides is 1. The number of para-hydroxylation sites is 1. The number of carbonyl (C=O) groups is 4. The molecule has 2 aromatic carbocycles. The van der Waals surface area contributed by atoms with E-state index in [1.54, 1.807) is 20.8 Å². The fourth-order valence-corrected chi connectivity index (χ4v) is 4.84. The van der Waals surface area contributed by atoms with E-state index in [1.807, 2.05) is 64.1 Å². The van der Waals surface area contributed by atoms with Gasteiger partial charge in [-0.2, -0.15) is 0 Å². The van der Waals surface area contributed by atoms with Crippen LogP contribution in [0.2, 0.25) is 0 Å². The molecular weight excluding hydrogens is 532 g/mol. The van der Waals surface area contributed by atoms with Crippen LogP contribution >= 0.6 is 0 Å². The highest BCUT2D eigenvalue weighted by Gasteiger charge is 2.37. The number of nitrogens with one attached hydrogen (secondary N) is 2. The van der Waals surface area contributed by atoms with Crippen LogP contribution in [-0.2, 0) is 19.1 Å². The number of unbranched alkanes of at least 4 members (excludes halogenated alkanes) is 3. The standard InChI is InChI=1S/C33H48N4O5/c1-9-10-11-12-18-37(31(40)26(20-27(34)38)35-32(41)42-33(6,7)8)29(25-19-21(2)16-17-22(25)3)30(39)36-28-23(4)14-13-15-24(28)5/h13-17,19,26,29H,9-12,18,20H2,1-8H3,(H2,34,38)(H,35,41)(H,36,39). The molecule has 0 aliphatic heterocycles. The second-order valence-corrected chi connectivity index (χ2v) is 12.0. The fraction of sp³-hybridized carbons (Fsp3) is 0.515. The van der Waals surface area contributed by atoms with Gasteiger partial charge in [-0.3, -0.25) is 14.4 Å². The van der Waals surface area contributed by atoms with E-state index < -0.39 is 42.0 Å². The van der Waals surface area contributed by atoms with Gasteiger partial charge in [-0.05, 0) is 77.1 Å². The van der Waals surface area contributed by atoms with Crippen LogP contribution < -0.4 is 16.4 Å². The summed E-state index contributed by atoms with van der Waals surface area (Å²) in [5, 5.41) is 5.62. The van der Waals surface area contributed by atoms with Gasteiger partial charge >= 0.3 is 6.09 Å². The lowest BCUT2D eigenvalue weighted by Gasteiger charge is -2.35. The van der Waals surface area contributed by atoms with E-state index in [1.165, 1.54) is 4.90 Å². The van der Waals surface area contributed by atoms with Crippen molar-refractivity contribution in [2.75, 3.05) is 11.9 Å². The molecule has 230 valence electrons. The van der Waals surface area contributed by atoms with Crippen molar-refractivity contribution < 1.29 is 23.9 Å². The maximum absolute atomic E-state index is 14.3. The minimum Gasteiger partial charge on any atom is -0.444 e. The van der Waals surface area contributed by atoms with Crippen molar-refractivity contribution in [1.29, 1.82) is 0 Å². The molecule has 9 nitrogen and oxygen atoms in total. The first-order chi connectivity index (χ1) is 19.6. The van der Waals surface area contributed by atoms with Gasteiger partial charge in [0.15, 0.2) is 0 Å². The summed E-state index contributed by atoms with van der Waals surface area (Å²) in [4.78, 5) is 54.9. The molecule has 0 spiro atoms. The predicted octanol–water partition coefficient (Wildman–Crippen LogP) is 5.78. The van der Waals surface area contributed by atoms with Gasteiger partial charge in [-0.15, -0.1) is 0 Å². The molecule has 0 aliphatic carbocycles. The third kappa shape index (κ3) is 10.2. The number of carbonyl (C=O) groups excluding carboxylic acids is 4. The number of rotatable bonds is 13. The number of nitrogens with two attached hydrogens (primary N) is 1. The zero-order valence-corrected chi connectivity index (χ0v) is 26.4. The molecule has 0 bridgehead atoms. The van der Waals surface area contributed by atoms with Crippen molar-refractivity contribution >= 4 is 29.5 Å². The van der Waals surface area contributed by atoms with E-state index in [0.29, 0.717) is 17.7 Å². The third-order valence-corrected chi connectivity index (χ3v) is 6.95. The van der Waals surface area contributed by atoms with E-state index in [2.05, 4.69) is 17.6 Å². The van der Waals surface area contributed by atoms with Gasteiger partial charge in [0.2, 0.25) is 11.8 Å². The van der Waals surface area contributed by atoms with Gasteiger partial charge in [0, 0.05) is 12.2 Å². The Balaban J connectivity index is 2.65. The highest BCUT2D eigenvalue weighted by molar-refractivity contribution is 6.00. The topological polar surface area (TPSA) is 131 Å². The molecule has 0 saturated carbocycles. The number of hydrogen-bond donors (Lipinski definition) is 3. The van der Waals surface area contributed by atoms with E-state index in [9.17, 15) is 19.2 Å². The van der Waals surface area contributed by atoms with Crippen LogP contribution in [0.5, 0.6) is 0 Å². The largest absolute Gasteiger partial charge is 0.444 e. The van der Waals surface area contributed by atoms with Crippen molar-refractivity contribution in [2.45, 2.75) is 105 Å². The summed E-state index contributed by atoms with van der Waals surface area (Å²) in [5.74, 6) is -1.74. The first kappa shape index (κ1) is 34.3. The number of amides is 4. The molecule has 0 saturated heterocycles. The number of benzene rings is 2. The number of anilines is 1. The summed E-state index contributed by atoms with van der Waals surface area (Å²) >= 11 is 0. The van der Waals surface area contributed by atoms with E-state index >= 15 is 0 Å². The Labute approximate surface area is 250 Å². The first-order valence-electron chi connectivity index (χ1n) is 14.7. The molecule has 2 unspecified atom stereocenters. The van der Waals surface area contributed by atoms with Crippen molar-refractivity contribution in [3.8, 4) is 0 Å². The Kier molecular flexibility index (Phi) is 12.6. The SMILES string of the molecule is CCCCCCN(C(=O)C(CC(N)=O)NC(=O)OC(C)(C)C)C(C(=O)Nc1c(C)cccc1C)c1cc(C)ccc1C. The predicted molar refractivity (Wildman–Crippen MR) is 166 cm³/mol. The molecule has 0 heterocycles. The van der Waals surface area contributed by atoms with E-state index in [-0.39, 0.29) is 12.5 Å². The normalized spacial score (nSPS) is 12.7. The summed E-state index contributed by atoms with van der Waals surface area (Å²) in [6.45, 7) is 15.1. The number of nitrogens with zero attached hydrogens (tertiary/aromatic N) is 1. The first-order valence-corrected chi connectivity index (χ1v) is 14.7.